The maximum Gasteiger partial charge on any atom is 0.406 e. The van der Waals surface area contributed by atoms with Crippen LogP contribution >= 0.6 is 24.0 Å². The summed E-state index contributed by atoms with van der Waals surface area (Å²) in [7, 11) is 4.48. The number of alkyl halides is 3. The Hall–Kier alpha value is -1.52. The number of aliphatic imine (C=N–C) groups is 1. The van der Waals surface area contributed by atoms with Gasteiger partial charge in [0.2, 0.25) is 5.91 Å². The van der Waals surface area contributed by atoms with E-state index in [4.69, 9.17) is 0 Å². The van der Waals surface area contributed by atoms with E-state index in [9.17, 15) is 18.0 Å². The fourth-order valence-corrected chi connectivity index (χ4v) is 2.26. The highest BCUT2D eigenvalue weighted by Crippen LogP contribution is 2.15. The Morgan fingerprint density at radius 3 is 2.12 bits per heavy atom. The van der Waals surface area contributed by atoms with E-state index in [1.165, 1.54) is 5.56 Å². The van der Waals surface area contributed by atoms with Gasteiger partial charge in [-0.1, -0.05) is 31.2 Å². The number of halogens is 4. The van der Waals surface area contributed by atoms with E-state index in [1.807, 2.05) is 12.1 Å². The third kappa shape index (κ3) is 8.72. The lowest BCUT2D eigenvalue weighted by molar-refractivity contribution is -0.157. The predicted molar refractivity (Wildman–Crippen MR) is 108 cm³/mol. The van der Waals surface area contributed by atoms with Crippen LogP contribution in [-0.4, -0.2) is 62.1 Å². The Kier molecular flexibility index (Phi) is 10.6. The summed E-state index contributed by atoms with van der Waals surface area (Å²) >= 11 is 0. The number of hydrogen-bond donors (Lipinski definition) is 1. The van der Waals surface area contributed by atoms with E-state index in [1.54, 1.807) is 19.0 Å². The lowest BCUT2D eigenvalue weighted by atomic mass is 10.1. The monoisotopic (exact) mass is 486 g/mol. The normalized spacial score (nSPS) is 11.6. The van der Waals surface area contributed by atoms with Crippen molar-refractivity contribution in [2.75, 3.05) is 34.2 Å². The number of nitrogens with one attached hydrogen (secondary N) is 1. The quantitative estimate of drug-likeness (QED) is 0.383. The molecule has 0 saturated heterocycles. The van der Waals surface area contributed by atoms with E-state index in [0.29, 0.717) is 17.4 Å². The van der Waals surface area contributed by atoms with Crippen LogP contribution in [0, 0.1) is 0 Å². The topological polar surface area (TPSA) is 47.9 Å². The molecule has 26 heavy (non-hydrogen) atoms. The van der Waals surface area contributed by atoms with Crippen molar-refractivity contribution in [3.63, 3.8) is 0 Å². The van der Waals surface area contributed by atoms with Gasteiger partial charge in [0.25, 0.3) is 0 Å². The van der Waals surface area contributed by atoms with Gasteiger partial charge in [-0.15, -0.1) is 24.0 Å². The lowest BCUT2D eigenvalue weighted by Crippen LogP contribution is -2.45. The molecule has 0 unspecified atom stereocenters. The Bertz CT molecular complexity index is 591. The number of carbonyl (C=O) groups is 1. The third-order valence-corrected chi connectivity index (χ3v) is 3.66. The second-order valence-corrected chi connectivity index (χ2v) is 5.79. The molecular formula is C17H26F3IN4O. The maximum absolute atomic E-state index is 12.3. The molecule has 0 radical (unpaired) electrons. The van der Waals surface area contributed by atoms with Gasteiger partial charge in [0.15, 0.2) is 5.96 Å². The standard InChI is InChI=1S/C17H25F3N4O.HI/c1-5-13-6-8-14(9-7-13)11-23(3)16(21-2)22-10-15(25)24(4)12-17(18,19)20;/h6-9H,5,10-12H2,1-4H3,(H,21,22);1H. The third-order valence-electron chi connectivity index (χ3n) is 3.66. The number of aryl methyl sites for hydroxylation is 1. The van der Waals surface area contributed by atoms with Crippen LogP contribution in [0.15, 0.2) is 29.3 Å². The van der Waals surface area contributed by atoms with E-state index < -0.39 is 18.6 Å². The Balaban J connectivity index is 0.00000625. The number of rotatable bonds is 6. The second-order valence-electron chi connectivity index (χ2n) is 5.79. The Labute approximate surface area is 169 Å². The molecule has 1 N–H and O–H groups in total. The first-order chi connectivity index (χ1) is 11.7. The van der Waals surface area contributed by atoms with Gasteiger partial charge in [0.05, 0.1) is 6.54 Å². The van der Waals surface area contributed by atoms with E-state index >= 15 is 0 Å². The molecular weight excluding hydrogens is 460 g/mol. The zero-order chi connectivity index (χ0) is 19.0. The minimum atomic E-state index is -4.41. The second kappa shape index (κ2) is 11.2. The molecule has 0 atom stereocenters. The van der Waals surface area contributed by atoms with Crippen molar-refractivity contribution in [1.82, 2.24) is 15.1 Å². The first-order valence-electron chi connectivity index (χ1n) is 7.96. The number of nitrogens with zero attached hydrogens (tertiary/aromatic N) is 3. The molecule has 0 spiro atoms. The molecule has 0 fully saturated rings. The molecule has 0 aromatic heterocycles. The van der Waals surface area contributed by atoms with Gasteiger partial charge in [-0.05, 0) is 17.5 Å². The van der Waals surface area contributed by atoms with Gasteiger partial charge in [0, 0.05) is 27.7 Å². The molecule has 0 heterocycles. The fourth-order valence-electron chi connectivity index (χ4n) is 2.26. The molecule has 0 aliphatic rings. The largest absolute Gasteiger partial charge is 0.406 e. The smallest absolute Gasteiger partial charge is 0.347 e. The number of guanidine groups is 1. The van der Waals surface area contributed by atoms with Crippen LogP contribution in [0.5, 0.6) is 0 Å². The molecule has 1 amide bonds. The summed E-state index contributed by atoms with van der Waals surface area (Å²) in [6, 6.07) is 8.14. The highest BCUT2D eigenvalue weighted by Gasteiger charge is 2.31. The number of likely N-dealkylation sites (N-methyl/N-ethyl adjacent to an activating group) is 1. The van der Waals surface area contributed by atoms with Gasteiger partial charge in [-0.3, -0.25) is 9.79 Å². The van der Waals surface area contributed by atoms with Crippen LogP contribution in [0.3, 0.4) is 0 Å². The molecule has 1 aromatic carbocycles. The first-order valence-corrected chi connectivity index (χ1v) is 7.96. The summed E-state index contributed by atoms with van der Waals surface area (Å²) in [5.41, 5.74) is 2.32. The zero-order valence-electron chi connectivity index (χ0n) is 15.4. The van der Waals surface area contributed by atoms with Crippen molar-refractivity contribution in [2.45, 2.75) is 26.1 Å². The number of amides is 1. The Morgan fingerprint density at radius 2 is 1.65 bits per heavy atom. The molecule has 1 aromatic rings. The number of hydrogen-bond acceptors (Lipinski definition) is 2. The summed E-state index contributed by atoms with van der Waals surface area (Å²) in [5.74, 6) is -0.215. The first kappa shape index (κ1) is 24.5. The minimum Gasteiger partial charge on any atom is -0.347 e. The predicted octanol–water partition coefficient (Wildman–Crippen LogP) is 2.89. The van der Waals surface area contributed by atoms with Gasteiger partial charge < -0.3 is 15.1 Å². The fraction of sp³-hybridized carbons (Fsp3) is 0.529. The average Bonchev–Trinajstić information content (AvgIpc) is 2.54. The van der Waals surface area contributed by atoms with Crippen LogP contribution in [-0.2, 0) is 17.8 Å². The van der Waals surface area contributed by atoms with Gasteiger partial charge in [0.1, 0.15) is 6.54 Å². The maximum atomic E-state index is 12.3. The van der Waals surface area contributed by atoms with Crippen molar-refractivity contribution < 1.29 is 18.0 Å². The van der Waals surface area contributed by atoms with Gasteiger partial charge >= 0.3 is 6.18 Å². The van der Waals surface area contributed by atoms with Crippen molar-refractivity contribution in [3.8, 4) is 0 Å². The van der Waals surface area contributed by atoms with Crippen molar-refractivity contribution in [1.29, 1.82) is 0 Å². The molecule has 0 saturated carbocycles. The molecule has 0 aliphatic carbocycles. The van der Waals surface area contributed by atoms with Crippen LogP contribution in [0.25, 0.3) is 0 Å². The summed E-state index contributed by atoms with van der Waals surface area (Å²) in [4.78, 5) is 18.3. The Morgan fingerprint density at radius 1 is 1.12 bits per heavy atom. The minimum absolute atomic E-state index is 0. The number of benzene rings is 1. The highest BCUT2D eigenvalue weighted by molar-refractivity contribution is 14.0. The highest BCUT2D eigenvalue weighted by atomic mass is 127. The number of carbonyl (C=O) groups excluding carboxylic acids is 1. The van der Waals surface area contributed by atoms with Crippen LogP contribution in [0.1, 0.15) is 18.1 Å². The van der Waals surface area contributed by atoms with Crippen LogP contribution < -0.4 is 5.32 Å². The SMILES string of the molecule is CCc1ccc(CN(C)C(=NC)NCC(=O)N(C)CC(F)(F)F)cc1.I. The van der Waals surface area contributed by atoms with Crippen molar-refractivity contribution >= 4 is 35.8 Å². The molecule has 1 rings (SSSR count). The lowest BCUT2D eigenvalue weighted by Gasteiger charge is -2.24. The van der Waals surface area contributed by atoms with Gasteiger partial charge in [-0.25, -0.2) is 0 Å². The average molecular weight is 486 g/mol. The molecule has 9 heteroatoms. The van der Waals surface area contributed by atoms with Crippen LogP contribution in [0.4, 0.5) is 13.2 Å². The molecule has 148 valence electrons. The summed E-state index contributed by atoms with van der Waals surface area (Å²) < 4.78 is 36.9. The van der Waals surface area contributed by atoms with Crippen molar-refractivity contribution in [3.05, 3.63) is 35.4 Å². The van der Waals surface area contributed by atoms with Gasteiger partial charge in [-0.2, -0.15) is 13.2 Å². The van der Waals surface area contributed by atoms with Crippen molar-refractivity contribution in [2.24, 2.45) is 4.99 Å². The van der Waals surface area contributed by atoms with E-state index in [0.717, 1.165) is 19.0 Å². The summed E-state index contributed by atoms with van der Waals surface area (Å²) in [6.07, 6.45) is -3.44. The van der Waals surface area contributed by atoms with E-state index in [2.05, 4.69) is 29.4 Å². The summed E-state index contributed by atoms with van der Waals surface area (Å²) in [6.45, 7) is 1.13. The molecule has 5 nitrogen and oxygen atoms in total. The van der Waals surface area contributed by atoms with Crippen LogP contribution in [0.2, 0.25) is 0 Å². The van der Waals surface area contributed by atoms with E-state index in [-0.39, 0.29) is 30.5 Å². The molecule has 0 bridgehead atoms. The summed E-state index contributed by atoms with van der Waals surface area (Å²) in [5, 5.41) is 2.80. The molecule has 0 aliphatic heterocycles. The zero-order valence-corrected chi connectivity index (χ0v) is 17.8.